The first-order valence-corrected chi connectivity index (χ1v) is 9.05. The molecule has 3 rings (SSSR count). The minimum atomic E-state index is -0.215. The Morgan fingerprint density at radius 1 is 1.04 bits per heavy atom. The number of carbonyl (C=O) groups is 2. The molecule has 0 saturated carbocycles. The molecule has 3 aromatic rings. The van der Waals surface area contributed by atoms with Gasteiger partial charge in [0.2, 0.25) is 5.91 Å². The van der Waals surface area contributed by atoms with Crippen molar-refractivity contribution in [1.29, 1.82) is 0 Å². The summed E-state index contributed by atoms with van der Waals surface area (Å²) in [4.78, 5) is 32.4. The highest BCUT2D eigenvalue weighted by Crippen LogP contribution is 2.17. The quantitative estimate of drug-likeness (QED) is 0.673. The Balaban J connectivity index is 1.45. The number of rotatable bonds is 7. The molecule has 7 heteroatoms. The number of nitrogens with one attached hydrogen (secondary N) is 2. The van der Waals surface area contributed by atoms with Gasteiger partial charge in [0, 0.05) is 29.9 Å². The molecule has 0 unspecified atom stereocenters. The van der Waals surface area contributed by atoms with Crippen LogP contribution < -0.4 is 10.6 Å². The molecule has 0 aliphatic heterocycles. The van der Waals surface area contributed by atoms with Gasteiger partial charge in [0.1, 0.15) is 0 Å². The minimum absolute atomic E-state index is 0.0923. The fourth-order valence-corrected chi connectivity index (χ4v) is 3.03. The molecule has 0 atom stereocenters. The van der Waals surface area contributed by atoms with Crippen molar-refractivity contribution in [1.82, 2.24) is 15.3 Å². The average molecular weight is 366 g/mol. The number of carbonyl (C=O) groups excluding carboxylic acids is 2. The van der Waals surface area contributed by atoms with E-state index in [1.165, 1.54) is 11.3 Å². The van der Waals surface area contributed by atoms with Crippen LogP contribution in [0.4, 0.5) is 5.13 Å². The van der Waals surface area contributed by atoms with Gasteiger partial charge >= 0.3 is 0 Å². The summed E-state index contributed by atoms with van der Waals surface area (Å²) in [7, 11) is 0. The number of benzene rings is 1. The van der Waals surface area contributed by atoms with Crippen molar-refractivity contribution in [2.45, 2.75) is 12.8 Å². The second-order valence-electron chi connectivity index (χ2n) is 5.60. The first-order chi connectivity index (χ1) is 12.7. The van der Waals surface area contributed by atoms with Gasteiger partial charge in [-0.2, -0.15) is 0 Å². The molecule has 6 nitrogen and oxygen atoms in total. The molecule has 0 aliphatic carbocycles. The van der Waals surface area contributed by atoms with Crippen LogP contribution in [0.5, 0.6) is 0 Å². The lowest BCUT2D eigenvalue weighted by molar-refractivity contribution is -0.120. The van der Waals surface area contributed by atoms with Gasteiger partial charge in [-0.25, -0.2) is 4.98 Å². The average Bonchev–Trinajstić information content (AvgIpc) is 3.10. The Bertz CT molecular complexity index is 866. The molecule has 0 aliphatic rings. The SMILES string of the molecule is O=C(Cc1csc(NC(=O)c2ccccc2)n1)NCCc1ccncc1. The lowest BCUT2D eigenvalue weighted by atomic mass is 10.2. The van der Waals surface area contributed by atoms with Crippen LogP contribution in [0, 0.1) is 0 Å². The molecule has 132 valence electrons. The largest absolute Gasteiger partial charge is 0.355 e. The highest BCUT2D eigenvalue weighted by atomic mass is 32.1. The maximum Gasteiger partial charge on any atom is 0.257 e. The highest BCUT2D eigenvalue weighted by Gasteiger charge is 2.11. The Morgan fingerprint density at radius 3 is 2.58 bits per heavy atom. The Labute approximate surface area is 155 Å². The van der Waals surface area contributed by atoms with Gasteiger partial charge in [-0.3, -0.25) is 19.9 Å². The molecule has 1 aromatic carbocycles. The van der Waals surface area contributed by atoms with E-state index in [0.29, 0.717) is 22.9 Å². The number of pyridine rings is 1. The summed E-state index contributed by atoms with van der Waals surface area (Å²) in [5.74, 6) is -0.307. The third kappa shape index (κ3) is 5.22. The maximum atomic E-state index is 12.1. The number of nitrogens with zero attached hydrogens (tertiary/aromatic N) is 2. The van der Waals surface area contributed by atoms with E-state index in [1.807, 2.05) is 18.2 Å². The van der Waals surface area contributed by atoms with E-state index in [0.717, 1.165) is 12.0 Å². The van der Waals surface area contributed by atoms with Gasteiger partial charge in [0.25, 0.3) is 5.91 Å². The Hall–Kier alpha value is -3.06. The van der Waals surface area contributed by atoms with Crippen molar-refractivity contribution >= 4 is 28.3 Å². The molecule has 2 N–H and O–H groups in total. The van der Waals surface area contributed by atoms with Crippen LogP contribution in [-0.2, 0) is 17.6 Å². The van der Waals surface area contributed by atoms with Gasteiger partial charge in [-0.15, -0.1) is 11.3 Å². The molecular formula is C19H18N4O2S. The molecule has 2 aromatic heterocycles. The highest BCUT2D eigenvalue weighted by molar-refractivity contribution is 7.14. The van der Waals surface area contributed by atoms with E-state index < -0.39 is 0 Å². The third-order valence-electron chi connectivity index (χ3n) is 3.64. The van der Waals surface area contributed by atoms with Gasteiger partial charge in [-0.1, -0.05) is 18.2 Å². The molecule has 2 amide bonds. The van der Waals surface area contributed by atoms with Crippen molar-refractivity contribution in [3.8, 4) is 0 Å². The van der Waals surface area contributed by atoms with E-state index >= 15 is 0 Å². The molecule has 26 heavy (non-hydrogen) atoms. The zero-order chi connectivity index (χ0) is 18.2. The summed E-state index contributed by atoms with van der Waals surface area (Å²) < 4.78 is 0. The molecule has 0 bridgehead atoms. The first kappa shape index (κ1) is 17.8. The van der Waals surface area contributed by atoms with Crippen molar-refractivity contribution in [2.24, 2.45) is 0 Å². The van der Waals surface area contributed by atoms with Crippen molar-refractivity contribution in [3.05, 3.63) is 77.1 Å². The number of amides is 2. The molecule has 0 radical (unpaired) electrons. The van der Waals surface area contributed by atoms with Crippen LogP contribution in [0.25, 0.3) is 0 Å². The number of anilines is 1. The number of hydrogen-bond acceptors (Lipinski definition) is 5. The van der Waals surface area contributed by atoms with Crippen LogP contribution in [-0.4, -0.2) is 28.3 Å². The van der Waals surface area contributed by atoms with E-state index in [-0.39, 0.29) is 18.2 Å². The monoisotopic (exact) mass is 366 g/mol. The van der Waals surface area contributed by atoms with Gasteiger partial charge in [0.15, 0.2) is 5.13 Å². The van der Waals surface area contributed by atoms with Crippen LogP contribution in [0.1, 0.15) is 21.6 Å². The summed E-state index contributed by atoms with van der Waals surface area (Å²) in [6.45, 7) is 0.560. The molecular weight excluding hydrogens is 348 g/mol. The zero-order valence-corrected chi connectivity index (χ0v) is 14.8. The molecule has 0 spiro atoms. The van der Waals surface area contributed by atoms with Crippen LogP contribution in [0.15, 0.2) is 60.2 Å². The summed E-state index contributed by atoms with van der Waals surface area (Å²) in [5.41, 5.74) is 2.33. The van der Waals surface area contributed by atoms with E-state index in [2.05, 4.69) is 20.6 Å². The van der Waals surface area contributed by atoms with Crippen LogP contribution in [0.2, 0.25) is 0 Å². The van der Waals surface area contributed by atoms with E-state index in [9.17, 15) is 9.59 Å². The number of hydrogen-bond donors (Lipinski definition) is 2. The standard InChI is InChI=1S/C19H18N4O2S/c24-17(21-11-8-14-6-9-20-10-7-14)12-16-13-26-19(22-16)23-18(25)15-4-2-1-3-5-15/h1-7,9-10,13H,8,11-12H2,(H,21,24)(H,22,23,25). The van der Waals surface area contributed by atoms with E-state index in [4.69, 9.17) is 0 Å². The summed E-state index contributed by atoms with van der Waals surface area (Å²) >= 11 is 1.31. The van der Waals surface area contributed by atoms with E-state index in [1.54, 1.807) is 42.0 Å². The smallest absolute Gasteiger partial charge is 0.257 e. The topological polar surface area (TPSA) is 84.0 Å². The summed E-state index contributed by atoms with van der Waals surface area (Å²) in [5, 5.41) is 7.89. The predicted octanol–water partition coefficient (Wildman–Crippen LogP) is 2.69. The lowest BCUT2D eigenvalue weighted by Gasteiger charge is -2.04. The van der Waals surface area contributed by atoms with Gasteiger partial charge < -0.3 is 5.32 Å². The molecule has 2 heterocycles. The number of thiazole rings is 1. The lowest BCUT2D eigenvalue weighted by Crippen LogP contribution is -2.27. The maximum absolute atomic E-state index is 12.1. The fourth-order valence-electron chi connectivity index (χ4n) is 2.33. The Kier molecular flexibility index (Phi) is 6.05. The normalized spacial score (nSPS) is 10.3. The predicted molar refractivity (Wildman–Crippen MR) is 101 cm³/mol. The molecule has 0 fully saturated rings. The van der Waals surface area contributed by atoms with Gasteiger partial charge in [-0.05, 0) is 36.2 Å². The minimum Gasteiger partial charge on any atom is -0.355 e. The zero-order valence-electron chi connectivity index (χ0n) is 14.0. The first-order valence-electron chi connectivity index (χ1n) is 8.17. The summed E-state index contributed by atoms with van der Waals surface area (Å²) in [6, 6.07) is 12.8. The summed E-state index contributed by atoms with van der Waals surface area (Å²) in [6.07, 6.45) is 4.41. The van der Waals surface area contributed by atoms with Crippen molar-refractivity contribution in [2.75, 3.05) is 11.9 Å². The number of aromatic nitrogens is 2. The van der Waals surface area contributed by atoms with Crippen LogP contribution in [0.3, 0.4) is 0 Å². The third-order valence-corrected chi connectivity index (χ3v) is 4.44. The fraction of sp³-hybridized carbons (Fsp3) is 0.158. The molecule has 0 saturated heterocycles. The second kappa shape index (κ2) is 8.87. The van der Waals surface area contributed by atoms with Crippen molar-refractivity contribution < 1.29 is 9.59 Å². The van der Waals surface area contributed by atoms with Crippen molar-refractivity contribution in [3.63, 3.8) is 0 Å². The Morgan fingerprint density at radius 2 is 1.81 bits per heavy atom. The van der Waals surface area contributed by atoms with Gasteiger partial charge in [0.05, 0.1) is 12.1 Å². The van der Waals surface area contributed by atoms with Crippen LogP contribution >= 0.6 is 11.3 Å². The second-order valence-corrected chi connectivity index (χ2v) is 6.45.